The number of alkyl halides is 6. The summed E-state index contributed by atoms with van der Waals surface area (Å²) in [6, 6.07) is -1.90. The Bertz CT molecular complexity index is 217. The highest BCUT2D eigenvalue weighted by Crippen LogP contribution is 2.42. The molecule has 3 N–H and O–H groups in total. The maximum atomic E-state index is 12.0. The van der Waals surface area contributed by atoms with Crippen LogP contribution in [0.4, 0.5) is 31.1 Å². The van der Waals surface area contributed by atoms with Crippen molar-refractivity contribution < 1.29 is 31.1 Å². The van der Waals surface area contributed by atoms with E-state index in [0.29, 0.717) is 5.32 Å². The van der Waals surface area contributed by atoms with Gasteiger partial charge in [-0.05, 0) is 6.92 Å². The maximum absolute atomic E-state index is 12.0. The van der Waals surface area contributed by atoms with Gasteiger partial charge in [0.15, 0.2) is 0 Å². The number of carbonyl (C=O) groups excluding carboxylic acids is 1. The standard InChI is InChI=1S/C5H6F6N2O/c1-3(4(6,7)8,5(9,10)11)13-2(12)14/h1H3,(H3,12,13,14). The molecule has 0 saturated carbocycles. The quantitative estimate of drug-likeness (QED) is 0.652. The Kier molecular flexibility index (Phi) is 2.95. The molecule has 0 bridgehead atoms. The summed E-state index contributed by atoms with van der Waals surface area (Å²) in [6.07, 6.45) is -11.3. The average Bonchev–Trinajstić information content (AvgIpc) is 1.79. The van der Waals surface area contributed by atoms with Crippen LogP contribution >= 0.6 is 0 Å². The van der Waals surface area contributed by atoms with E-state index in [2.05, 4.69) is 5.73 Å². The highest BCUT2D eigenvalue weighted by Gasteiger charge is 2.68. The topological polar surface area (TPSA) is 55.1 Å². The van der Waals surface area contributed by atoms with E-state index < -0.39 is 23.9 Å². The third-order valence-corrected chi connectivity index (χ3v) is 1.51. The first kappa shape index (κ1) is 12.8. The molecule has 0 aromatic carbocycles. The number of hydrogen-bond donors (Lipinski definition) is 2. The minimum Gasteiger partial charge on any atom is -0.352 e. The number of amides is 2. The molecule has 2 amide bonds. The van der Waals surface area contributed by atoms with Gasteiger partial charge in [0, 0.05) is 0 Å². The highest BCUT2D eigenvalue weighted by atomic mass is 19.4. The first-order valence-electron chi connectivity index (χ1n) is 3.13. The summed E-state index contributed by atoms with van der Waals surface area (Å²) in [4.78, 5) is 10.0. The highest BCUT2D eigenvalue weighted by molar-refractivity contribution is 5.72. The Morgan fingerprint density at radius 1 is 1.07 bits per heavy atom. The van der Waals surface area contributed by atoms with E-state index >= 15 is 0 Å². The molecule has 0 rings (SSSR count). The lowest BCUT2D eigenvalue weighted by molar-refractivity contribution is -0.297. The predicted octanol–water partition coefficient (Wildman–Crippen LogP) is 1.54. The van der Waals surface area contributed by atoms with Gasteiger partial charge in [0.1, 0.15) is 0 Å². The minimum atomic E-state index is -5.67. The summed E-state index contributed by atoms with van der Waals surface area (Å²) in [7, 11) is 0. The number of halogens is 6. The van der Waals surface area contributed by atoms with Crippen molar-refractivity contribution in [2.24, 2.45) is 5.73 Å². The summed E-state index contributed by atoms with van der Waals surface area (Å²) in [5.74, 6) is 0. The van der Waals surface area contributed by atoms with Crippen LogP contribution in [0, 0.1) is 0 Å². The molecule has 0 aliphatic rings. The third kappa shape index (κ3) is 2.20. The molecule has 0 radical (unpaired) electrons. The van der Waals surface area contributed by atoms with Crippen LogP contribution in [0.1, 0.15) is 6.92 Å². The number of rotatable bonds is 1. The summed E-state index contributed by atoms with van der Waals surface area (Å²) in [6.45, 7) is -0.211. The lowest BCUT2D eigenvalue weighted by atomic mass is 10.0. The smallest absolute Gasteiger partial charge is 0.352 e. The largest absolute Gasteiger partial charge is 0.420 e. The van der Waals surface area contributed by atoms with Crippen molar-refractivity contribution in [3.8, 4) is 0 Å². The van der Waals surface area contributed by atoms with Gasteiger partial charge in [-0.1, -0.05) is 0 Å². The van der Waals surface area contributed by atoms with E-state index in [-0.39, 0.29) is 6.92 Å². The van der Waals surface area contributed by atoms with Crippen molar-refractivity contribution in [2.75, 3.05) is 0 Å². The zero-order valence-electron chi connectivity index (χ0n) is 6.75. The average molecular weight is 224 g/mol. The molecule has 0 aromatic rings. The van der Waals surface area contributed by atoms with Crippen molar-refractivity contribution in [3.63, 3.8) is 0 Å². The summed E-state index contributed by atoms with van der Waals surface area (Å²) in [5, 5.41) is 0.625. The fourth-order valence-corrected chi connectivity index (χ4v) is 0.549. The van der Waals surface area contributed by atoms with Crippen LogP contribution < -0.4 is 11.1 Å². The van der Waals surface area contributed by atoms with Gasteiger partial charge in [0.2, 0.25) is 5.54 Å². The number of carbonyl (C=O) groups is 1. The SMILES string of the molecule is CC(NC(N)=O)(C(F)(F)F)C(F)(F)F. The number of urea groups is 1. The molecular formula is C5H6F6N2O. The van der Waals surface area contributed by atoms with E-state index in [1.165, 1.54) is 0 Å². The molecule has 0 spiro atoms. The zero-order chi connectivity index (χ0) is 11.8. The Hall–Kier alpha value is -1.15. The van der Waals surface area contributed by atoms with E-state index in [4.69, 9.17) is 0 Å². The zero-order valence-corrected chi connectivity index (χ0v) is 6.75. The van der Waals surface area contributed by atoms with E-state index in [0.717, 1.165) is 0 Å². The molecule has 14 heavy (non-hydrogen) atoms. The Morgan fingerprint density at radius 2 is 1.36 bits per heavy atom. The van der Waals surface area contributed by atoms with Gasteiger partial charge >= 0.3 is 18.4 Å². The van der Waals surface area contributed by atoms with Gasteiger partial charge in [-0.2, -0.15) is 26.3 Å². The van der Waals surface area contributed by atoms with Crippen LogP contribution in [-0.4, -0.2) is 23.9 Å². The van der Waals surface area contributed by atoms with E-state index in [9.17, 15) is 31.1 Å². The monoisotopic (exact) mass is 224 g/mol. The van der Waals surface area contributed by atoms with Crippen LogP contribution in [0.2, 0.25) is 0 Å². The molecule has 0 aliphatic carbocycles. The molecule has 3 nitrogen and oxygen atoms in total. The number of primary amides is 1. The molecule has 84 valence electrons. The lowest BCUT2D eigenvalue weighted by Crippen LogP contribution is -2.66. The second-order valence-electron chi connectivity index (χ2n) is 2.61. The van der Waals surface area contributed by atoms with Gasteiger partial charge < -0.3 is 11.1 Å². The lowest BCUT2D eigenvalue weighted by Gasteiger charge is -2.33. The van der Waals surface area contributed by atoms with Crippen molar-refractivity contribution in [2.45, 2.75) is 24.8 Å². The normalized spacial score (nSPS) is 13.9. The van der Waals surface area contributed by atoms with Crippen LogP contribution in [0.3, 0.4) is 0 Å². The van der Waals surface area contributed by atoms with Crippen LogP contribution in [0.5, 0.6) is 0 Å². The van der Waals surface area contributed by atoms with E-state index in [1.54, 1.807) is 0 Å². The van der Waals surface area contributed by atoms with Crippen molar-refractivity contribution in [3.05, 3.63) is 0 Å². The van der Waals surface area contributed by atoms with Crippen molar-refractivity contribution >= 4 is 6.03 Å². The Labute approximate surface area is 74.2 Å². The summed E-state index contributed by atoms with van der Waals surface area (Å²) in [5.41, 5.74) is -0.106. The van der Waals surface area contributed by atoms with Crippen LogP contribution in [0.25, 0.3) is 0 Å². The molecular weight excluding hydrogens is 218 g/mol. The van der Waals surface area contributed by atoms with Gasteiger partial charge in [0.25, 0.3) is 0 Å². The second-order valence-corrected chi connectivity index (χ2v) is 2.61. The van der Waals surface area contributed by atoms with Crippen LogP contribution in [0.15, 0.2) is 0 Å². The maximum Gasteiger partial charge on any atom is 0.420 e. The van der Waals surface area contributed by atoms with Crippen LogP contribution in [-0.2, 0) is 0 Å². The summed E-state index contributed by atoms with van der Waals surface area (Å²) >= 11 is 0. The number of hydrogen-bond acceptors (Lipinski definition) is 1. The Balaban J connectivity index is 5.18. The van der Waals surface area contributed by atoms with Crippen molar-refractivity contribution in [1.82, 2.24) is 5.32 Å². The molecule has 0 saturated heterocycles. The number of nitrogens with two attached hydrogens (primary N) is 1. The number of nitrogens with one attached hydrogen (secondary N) is 1. The molecule has 0 aliphatic heterocycles. The molecule has 0 atom stereocenters. The first-order valence-corrected chi connectivity index (χ1v) is 3.13. The fourth-order valence-electron chi connectivity index (χ4n) is 0.549. The molecule has 0 unspecified atom stereocenters. The van der Waals surface area contributed by atoms with Gasteiger partial charge in [-0.25, -0.2) is 4.79 Å². The van der Waals surface area contributed by atoms with Gasteiger partial charge in [-0.3, -0.25) is 0 Å². The Morgan fingerprint density at radius 3 is 1.43 bits per heavy atom. The molecule has 9 heteroatoms. The molecule has 0 aromatic heterocycles. The second kappa shape index (κ2) is 3.21. The van der Waals surface area contributed by atoms with Gasteiger partial charge in [-0.15, -0.1) is 0 Å². The minimum absolute atomic E-state index is 0.211. The molecule has 0 fully saturated rings. The predicted molar refractivity (Wildman–Crippen MR) is 33.2 cm³/mol. The van der Waals surface area contributed by atoms with Gasteiger partial charge in [0.05, 0.1) is 0 Å². The van der Waals surface area contributed by atoms with E-state index in [1.807, 2.05) is 0 Å². The molecule has 0 heterocycles. The van der Waals surface area contributed by atoms with Crippen molar-refractivity contribution in [1.29, 1.82) is 0 Å². The fraction of sp³-hybridized carbons (Fsp3) is 0.800. The summed E-state index contributed by atoms with van der Waals surface area (Å²) < 4.78 is 71.8. The third-order valence-electron chi connectivity index (χ3n) is 1.51. The first-order chi connectivity index (χ1) is 5.92.